The van der Waals surface area contributed by atoms with Crippen LogP contribution in [0.2, 0.25) is 0 Å². The summed E-state index contributed by atoms with van der Waals surface area (Å²) in [6, 6.07) is 7.85. The molecule has 0 atom stereocenters. The molecule has 1 aliphatic rings. The number of nitrogens with one attached hydrogen (secondary N) is 2. The van der Waals surface area contributed by atoms with E-state index in [1.54, 1.807) is 0 Å². The molecule has 1 aliphatic heterocycles. The number of hydrogen-bond acceptors (Lipinski definition) is 7. The van der Waals surface area contributed by atoms with Gasteiger partial charge in [-0.3, -0.25) is 0 Å². The molecular weight excluding hydrogens is 306 g/mol. The second-order valence-corrected chi connectivity index (χ2v) is 5.99. The Morgan fingerprint density at radius 2 is 1.92 bits per heavy atom. The number of aromatic nitrogens is 2. The molecule has 0 saturated heterocycles. The van der Waals surface area contributed by atoms with Crippen molar-refractivity contribution in [2.24, 2.45) is 0 Å². The van der Waals surface area contributed by atoms with Gasteiger partial charge < -0.3 is 25.0 Å². The Bertz CT molecular complexity index is 705. The molecule has 2 N–H and O–H groups in total. The molecule has 7 nitrogen and oxygen atoms in total. The fraction of sp³-hybridized carbons (Fsp3) is 0.412. The molecule has 0 unspecified atom stereocenters. The molecule has 3 rings (SSSR count). The average Bonchev–Trinajstić information content (AvgIpc) is 3.00. The minimum absolute atomic E-state index is 0.287. The van der Waals surface area contributed by atoms with Crippen molar-refractivity contribution in [3.05, 3.63) is 35.5 Å². The number of nitrogens with zero attached hydrogens (tertiary/aromatic N) is 3. The predicted molar refractivity (Wildman–Crippen MR) is 93.7 cm³/mol. The van der Waals surface area contributed by atoms with Gasteiger partial charge in [0.2, 0.25) is 12.7 Å². The summed E-state index contributed by atoms with van der Waals surface area (Å²) in [5, 5.41) is 6.58. The lowest BCUT2D eigenvalue weighted by Gasteiger charge is -2.12. The number of rotatable bonds is 7. The minimum Gasteiger partial charge on any atom is -0.454 e. The Balaban J connectivity index is 1.61. The summed E-state index contributed by atoms with van der Waals surface area (Å²) in [4.78, 5) is 11.1. The molecule has 7 heteroatoms. The molecule has 0 radical (unpaired) electrons. The van der Waals surface area contributed by atoms with E-state index in [1.807, 2.05) is 45.3 Å². The highest BCUT2D eigenvalue weighted by molar-refractivity contribution is 5.46. The van der Waals surface area contributed by atoms with Crippen LogP contribution in [0.15, 0.2) is 24.3 Å². The fourth-order valence-corrected chi connectivity index (χ4v) is 2.38. The van der Waals surface area contributed by atoms with E-state index in [4.69, 9.17) is 9.47 Å². The summed E-state index contributed by atoms with van der Waals surface area (Å²) < 4.78 is 10.7. The smallest absolute Gasteiger partial charge is 0.231 e. The maximum absolute atomic E-state index is 5.40. The van der Waals surface area contributed by atoms with E-state index < -0.39 is 0 Å². The summed E-state index contributed by atoms with van der Waals surface area (Å²) in [6.45, 7) is 4.66. The van der Waals surface area contributed by atoms with Gasteiger partial charge in [-0.1, -0.05) is 6.07 Å². The minimum atomic E-state index is 0.287. The van der Waals surface area contributed by atoms with Gasteiger partial charge in [0.25, 0.3) is 0 Å². The highest BCUT2D eigenvalue weighted by Gasteiger charge is 2.13. The standard InChI is InChI=1S/C17H23N5O2/c1-12-8-16(18-6-7-22(2)3)21-17(20-12)19-10-13-4-5-14-15(9-13)24-11-23-14/h4-5,8-9H,6-7,10-11H2,1-3H3,(H2,18,19,20,21). The van der Waals surface area contributed by atoms with Crippen LogP contribution in [0.5, 0.6) is 11.5 Å². The van der Waals surface area contributed by atoms with Crippen LogP contribution >= 0.6 is 0 Å². The monoisotopic (exact) mass is 329 g/mol. The average molecular weight is 329 g/mol. The second kappa shape index (κ2) is 7.35. The van der Waals surface area contributed by atoms with Gasteiger partial charge in [0, 0.05) is 31.4 Å². The maximum atomic E-state index is 5.40. The Morgan fingerprint density at radius 1 is 1.08 bits per heavy atom. The van der Waals surface area contributed by atoms with Crippen molar-refractivity contribution >= 4 is 11.8 Å². The Hall–Kier alpha value is -2.54. The molecule has 24 heavy (non-hydrogen) atoms. The third kappa shape index (κ3) is 4.26. The van der Waals surface area contributed by atoms with Gasteiger partial charge in [0.1, 0.15) is 5.82 Å². The van der Waals surface area contributed by atoms with E-state index >= 15 is 0 Å². The molecule has 0 fully saturated rings. The largest absolute Gasteiger partial charge is 0.454 e. The van der Waals surface area contributed by atoms with Gasteiger partial charge in [0.15, 0.2) is 11.5 Å². The Kier molecular flexibility index (Phi) is 5.00. The number of likely N-dealkylation sites (N-methyl/N-ethyl adjacent to an activating group) is 1. The van der Waals surface area contributed by atoms with Crippen LogP contribution in [0.1, 0.15) is 11.3 Å². The fourth-order valence-electron chi connectivity index (χ4n) is 2.38. The van der Waals surface area contributed by atoms with Crippen LogP contribution in [0.25, 0.3) is 0 Å². The van der Waals surface area contributed by atoms with Crippen molar-refractivity contribution in [2.75, 3.05) is 44.6 Å². The molecule has 0 aliphatic carbocycles. The van der Waals surface area contributed by atoms with Gasteiger partial charge in [0.05, 0.1) is 0 Å². The molecular formula is C17H23N5O2. The van der Waals surface area contributed by atoms with Crippen LogP contribution < -0.4 is 20.1 Å². The van der Waals surface area contributed by atoms with Crippen LogP contribution in [-0.2, 0) is 6.54 Å². The molecule has 0 saturated carbocycles. The van der Waals surface area contributed by atoms with E-state index in [0.717, 1.165) is 41.7 Å². The van der Waals surface area contributed by atoms with Crippen LogP contribution in [0.3, 0.4) is 0 Å². The van der Waals surface area contributed by atoms with E-state index in [2.05, 4.69) is 25.5 Å². The first-order chi connectivity index (χ1) is 11.6. The summed E-state index contributed by atoms with van der Waals surface area (Å²) in [5.41, 5.74) is 2.01. The van der Waals surface area contributed by atoms with Crippen molar-refractivity contribution in [1.29, 1.82) is 0 Å². The second-order valence-electron chi connectivity index (χ2n) is 5.99. The molecule has 0 bridgehead atoms. The molecule has 0 amide bonds. The van der Waals surface area contributed by atoms with E-state index in [1.165, 1.54) is 0 Å². The third-order valence-electron chi connectivity index (χ3n) is 3.61. The van der Waals surface area contributed by atoms with Crippen molar-refractivity contribution in [3.8, 4) is 11.5 Å². The normalized spacial score (nSPS) is 12.5. The molecule has 0 spiro atoms. The lowest BCUT2D eigenvalue weighted by Crippen LogP contribution is -2.21. The zero-order chi connectivity index (χ0) is 16.9. The number of benzene rings is 1. The van der Waals surface area contributed by atoms with Gasteiger partial charge in [-0.05, 0) is 38.7 Å². The Labute approximate surface area is 142 Å². The zero-order valence-electron chi connectivity index (χ0n) is 14.3. The number of hydrogen-bond donors (Lipinski definition) is 2. The lowest BCUT2D eigenvalue weighted by atomic mass is 10.2. The number of anilines is 2. The van der Waals surface area contributed by atoms with E-state index in [-0.39, 0.29) is 6.79 Å². The molecule has 128 valence electrons. The number of fused-ring (bicyclic) bond motifs is 1. The Morgan fingerprint density at radius 3 is 2.75 bits per heavy atom. The topological polar surface area (TPSA) is 71.5 Å². The number of aryl methyl sites for hydroxylation is 1. The molecule has 1 aromatic carbocycles. The summed E-state index contributed by atoms with van der Waals surface area (Å²) in [7, 11) is 4.09. The third-order valence-corrected chi connectivity index (χ3v) is 3.61. The highest BCUT2D eigenvalue weighted by atomic mass is 16.7. The number of ether oxygens (including phenoxy) is 2. The van der Waals surface area contributed by atoms with Gasteiger partial charge in [-0.15, -0.1) is 0 Å². The first kappa shape index (κ1) is 16.3. The van der Waals surface area contributed by atoms with Crippen molar-refractivity contribution in [3.63, 3.8) is 0 Å². The first-order valence-corrected chi connectivity index (χ1v) is 7.97. The summed E-state index contributed by atoms with van der Waals surface area (Å²) in [6.07, 6.45) is 0. The molecule has 2 heterocycles. The highest BCUT2D eigenvalue weighted by Crippen LogP contribution is 2.32. The van der Waals surface area contributed by atoms with Gasteiger partial charge in [-0.2, -0.15) is 4.98 Å². The van der Waals surface area contributed by atoms with Crippen LogP contribution in [-0.4, -0.2) is 48.8 Å². The SMILES string of the molecule is Cc1cc(NCCN(C)C)nc(NCc2ccc3c(c2)OCO3)n1. The van der Waals surface area contributed by atoms with Gasteiger partial charge >= 0.3 is 0 Å². The van der Waals surface area contributed by atoms with E-state index in [0.29, 0.717) is 12.5 Å². The summed E-state index contributed by atoms with van der Waals surface area (Å²) in [5.74, 6) is 3.01. The zero-order valence-corrected chi connectivity index (χ0v) is 14.3. The molecule has 2 aromatic rings. The van der Waals surface area contributed by atoms with Crippen LogP contribution in [0.4, 0.5) is 11.8 Å². The van der Waals surface area contributed by atoms with Crippen molar-refractivity contribution in [1.82, 2.24) is 14.9 Å². The van der Waals surface area contributed by atoms with Gasteiger partial charge in [-0.25, -0.2) is 4.98 Å². The van der Waals surface area contributed by atoms with Crippen LogP contribution in [0, 0.1) is 6.92 Å². The van der Waals surface area contributed by atoms with E-state index in [9.17, 15) is 0 Å². The molecule has 1 aromatic heterocycles. The first-order valence-electron chi connectivity index (χ1n) is 7.97. The predicted octanol–water partition coefficient (Wildman–Crippen LogP) is 2.10. The quantitative estimate of drug-likeness (QED) is 0.806. The van der Waals surface area contributed by atoms with Crippen molar-refractivity contribution < 1.29 is 9.47 Å². The summed E-state index contributed by atoms with van der Waals surface area (Å²) >= 11 is 0. The maximum Gasteiger partial charge on any atom is 0.231 e. The van der Waals surface area contributed by atoms with Crippen molar-refractivity contribution in [2.45, 2.75) is 13.5 Å². The lowest BCUT2D eigenvalue weighted by molar-refractivity contribution is 0.174.